The van der Waals surface area contributed by atoms with Crippen molar-refractivity contribution >= 4 is 0 Å². The molecule has 0 saturated heterocycles. The third-order valence-corrected chi connectivity index (χ3v) is 24.9. The fraction of sp³-hybridized carbons (Fsp3) is 0.0459. The molecule has 0 fully saturated rings. The number of hydrogen-bond donors (Lipinski definition) is 0. The van der Waals surface area contributed by atoms with Gasteiger partial charge >= 0.3 is 0 Å². The minimum atomic E-state index is -0.724. The van der Waals surface area contributed by atoms with Gasteiger partial charge in [-0.25, -0.2) is 19.9 Å². The molecule has 18 aromatic rings. The highest BCUT2D eigenvalue weighted by Gasteiger charge is 2.53. The quantitative estimate of drug-likeness (QED) is 0.136. The van der Waals surface area contributed by atoms with E-state index in [1.165, 1.54) is 66.8 Å². The van der Waals surface area contributed by atoms with Gasteiger partial charge < -0.3 is 9.47 Å². The molecule has 0 radical (unpaired) electrons. The maximum atomic E-state index is 7.39. The van der Waals surface area contributed by atoms with Gasteiger partial charge in [-0.05, 0) is 184 Å². The summed E-state index contributed by atoms with van der Waals surface area (Å²) in [6.45, 7) is 4.68. The van der Waals surface area contributed by atoms with Crippen LogP contribution in [-0.4, -0.2) is 19.9 Å². The van der Waals surface area contributed by atoms with E-state index in [1.54, 1.807) is 0 Å². The first-order valence-electron chi connectivity index (χ1n) is 39.5. The second-order valence-electron chi connectivity index (χ2n) is 31.4. The molecular weight excluding hydrogens is 1400 g/mol. The predicted molar refractivity (Wildman–Crippen MR) is 464 cm³/mol. The van der Waals surface area contributed by atoms with Crippen LogP contribution >= 0.6 is 0 Å². The Kier molecular flexibility index (Phi) is 14.8. The number of hydrogen-bond acceptors (Lipinski definition) is 6. The van der Waals surface area contributed by atoms with Gasteiger partial charge in [-0.1, -0.05) is 329 Å². The molecule has 2 aliphatic heterocycles. The molecule has 2 spiro atoms. The lowest BCUT2D eigenvalue weighted by atomic mass is 9.65. The molecule has 4 heterocycles. The van der Waals surface area contributed by atoms with Crippen molar-refractivity contribution in [2.45, 2.75) is 30.1 Å². The van der Waals surface area contributed by atoms with Gasteiger partial charge in [0.2, 0.25) is 0 Å². The number of rotatable bonds is 10. The number of fused-ring (bicyclic) bond motifs is 21. The van der Waals surface area contributed by atoms with E-state index in [0.717, 1.165) is 146 Å². The number of ether oxygens (including phenoxy) is 2. The molecule has 16 aromatic carbocycles. The molecule has 2 aromatic heterocycles. The lowest BCUT2D eigenvalue weighted by Gasteiger charge is -2.40. The molecule has 0 bridgehead atoms. The molecule has 5 aliphatic rings. The number of para-hydroxylation sites is 1. The van der Waals surface area contributed by atoms with E-state index < -0.39 is 10.8 Å². The maximum absolute atomic E-state index is 7.39. The van der Waals surface area contributed by atoms with Crippen molar-refractivity contribution in [1.29, 1.82) is 0 Å². The van der Waals surface area contributed by atoms with Gasteiger partial charge in [0.1, 0.15) is 23.0 Å². The average molecular weight is 1470 g/mol. The zero-order chi connectivity index (χ0) is 76.1. The zero-order valence-corrected chi connectivity index (χ0v) is 63.1. The van der Waals surface area contributed by atoms with E-state index >= 15 is 0 Å². The van der Waals surface area contributed by atoms with Crippen LogP contribution in [0.5, 0.6) is 23.0 Å². The standard InChI is InChI=1S/C109H70N4O2/c1-107(2)87-43-16-11-37-80(87)85-54-50-77(63-94(85)107)100-66-99(112-106(113-100)86-42-10-9-36-79(86)75-53-57-102-96(62-75)108(92-48-21-22-49-101(92)114-102)88-44-17-12-38-81(88)82-39-13-18-45-89(82)108)76-34-24-32-71(59-76)74-51-55-93-104(64-74)115-103-56-52-73(61-95(103)109(93)90-46-19-14-40-83(90)84-41-15-20-47-91(84)109)70-31-23-30-69(58-70)72-33-25-35-78(60-72)105-110-97(67-26-5-3-6-27-67)65-98(111-105)68-28-7-4-8-29-68/h3-66H,1-2H3. The van der Waals surface area contributed by atoms with Crippen LogP contribution in [0.2, 0.25) is 0 Å². The topological polar surface area (TPSA) is 70.0 Å². The van der Waals surface area contributed by atoms with Gasteiger partial charge in [-0.15, -0.1) is 0 Å². The van der Waals surface area contributed by atoms with E-state index in [9.17, 15) is 0 Å². The molecule has 0 amide bonds. The summed E-state index contributed by atoms with van der Waals surface area (Å²) in [7, 11) is 0. The van der Waals surface area contributed by atoms with Crippen molar-refractivity contribution in [3.05, 3.63) is 444 Å². The second kappa shape index (κ2) is 25.7. The van der Waals surface area contributed by atoms with Crippen molar-refractivity contribution in [1.82, 2.24) is 19.9 Å². The Bertz CT molecular complexity index is 6950. The third kappa shape index (κ3) is 10.1. The smallest absolute Gasteiger partial charge is 0.161 e. The Labute approximate surface area is 667 Å². The molecule has 0 N–H and O–H groups in total. The molecule has 0 atom stereocenters. The molecule has 3 aliphatic carbocycles. The van der Waals surface area contributed by atoms with E-state index in [0.29, 0.717) is 11.6 Å². The first-order chi connectivity index (χ1) is 56.7. The average Bonchev–Trinajstić information content (AvgIpc) is 1.55. The van der Waals surface area contributed by atoms with Crippen molar-refractivity contribution in [3.8, 4) is 169 Å². The normalized spacial score (nSPS) is 13.8. The van der Waals surface area contributed by atoms with E-state index in [-0.39, 0.29) is 5.41 Å². The van der Waals surface area contributed by atoms with Gasteiger partial charge in [-0.3, -0.25) is 0 Å². The first-order valence-corrected chi connectivity index (χ1v) is 39.5. The van der Waals surface area contributed by atoms with Crippen molar-refractivity contribution in [3.63, 3.8) is 0 Å². The highest BCUT2D eigenvalue weighted by atomic mass is 16.5. The molecule has 6 heteroatoms. The Hall–Kier alpha value is -14.7. The Morgan fingerprint density at radius 2 is 0.496 bits per heavy atom. The van der Waals surface area contributed by atoms with Crippen molar-refractivity contribution < 1.29 is 9.47 Å². The van der Waals surface area contributed by atoms with Crippen LogP contribution in [0.4, 0.5) is 0 Å². The summed E-state index contributed by atoms with van der Waals surface area (Å²) in [5.74, 6) is 4.61. The molecule has 0 unspecified atom stereocenters. The van der Waals surface area contributed by atoms with Gasteiger partial charge in [0.15, 0.2) is 11.6 Å². The third-order valence-electron chi connectivity index (χ3n) is 24.9. The first kappa shape index (κ1) is 66.1. The molecule has 115 heavy (non-hydrogen) atoms. The Morgan fingerprint density at radius 3 is 1.05 bits per heavy atom. The minimum absolute atomic E-state index is 0.226. The highest BCUT2D eigenvalue weighted by Crippen LogP contribution is 2.65. The lowest BCUT2D eigenvalue weighted by molar-refractivity contribution is 0.436. The van der Waals surface area contributed by atoms with Gasteiger partial charge in [0.05, 0.1) is 33.6 Å². The summed E-state index contributed by atoms with van der Waals surface area (Å²) in [5, 5.41) is 0. The Balaban J connectivity index is 0.634. The fourth-order valence-corrected chi connectivity index (χ4v) is 19.6. The number of benzene rings is 16. The van der Waals surface area contributed by atoms with E-state index in [1.807, 2.05) is 12.1 Å². The summed E-state index contributed by atoms with van der Waals surface area (Å²) in [4.78, 5) is 21.8. The Morgan fingerprint density at radius 1 is 0.174 bits per heavy atom. The van der Waals surface area contributed by atoms with E-state index in [4.69, 9.17) is 29.4 Å². The summed E-state index contributed by atoms with van der Waals surface area (Å²) in [6, 6.07) is 140. The lowest BCUT2D eigenvalue weighted by Crippen LogP contribution is -2.32. The van der Waals surface area contributed by atoms with Crippen LogP contribution in [0.15, 0.2) is 388 Å². The molecule has 23 rings (SSSR count). The molecule has 538 valence electrons. The highest BCUT2D eigenvalue weighted by molar-refractivity contribution is 5.94. The minimum Gasteiger partial charge on any atom is -0.457 e. The monoisotopic (exact) mass is 1470 g/mol. The van der Waals surface area contributed by atoms with Gasteiger partial charge in [-0.2, -0.15) is 0 Å². The number of nitrogens with zero attached hydrogens (tertiary/aromatic N) is 4. The summed E-state index contributed by atoms with van der Waals surface area (Å²) >= 11 is 0. The van der Waals surface area contributed by atoms with Crippen LogP contribution in [0.1, 0.15) is 69.5 Å². The van der Waals surface area contributed by atoms with Crippen LogP contribution in [0.3, 0.4) is 0 Å². The second-order valence-corrected chi connectivity index (χ2v) is 31.4. The molecular formula is C109H70N4O2. The fourth-order valence-electron chi connectivity index (χ4n) is 19.6. The maximum Gasteiger partial charge on any atom is 0.161 e. The van der Waals surface area contributed by atoms with Crippen LogP contribution in [0.25, 0.3) is 146 Å². The van der Waals surface area contributed by atoms with Crippen LogP contribution in [-0.2, 0) is 16.2 Å². The summed E-state index contributed by atoms with van der Waals surface area (Å²) < 4.78 is 14.3. The van der Waals surface area contributed by atoms with Gasteiger partial charge in [0, 0.05) is 61.0 Å². The molecule has 6 nitrogen and oxygen atoms in total. The van der Waals surface area contributed by atoms with Gasteiger partial charge in [0.25, 0.3) is 0 Å². The van der Waals surface area contributed by atoms with Crippen LogP contribution < -0.4 is 9.47 Å². The SMILES string of the molecule is CC1(C)c2ccccc2-c2ccc(-c3cc(-c4cccc(-c5ccc6c(c5)Oc5ccc(-c7cccc(-c8cccc(-c9nc(-c%10ccccc%10)cc(-c%10ccccc%10)n9)c8)c7)cc5C65c6ccccc6-c6ccccc65)c4)nc(-c4ccccc4-c4ccc5c(c4)C4(c6ccccc6O5)c5ccccc5-c5ccccc54)n3)cc21. The molecule has 0 saturated carbocycles. The number of aromatic nitrogens is 4. The zero-order valence-electron chi connectivity index (χ0n) is 63.1. The van der Waals surface area contributed by atoms with Crippen molar-refractivity contribution in [2.75, 3.05) is 0 Å². The van der Waals surface area contributed by atoms with E-state index in [2.05, 4.69) is 390 Å². The predicted octanol–water partition coefficient (Wildman–Crippen LogP) is 27.2. The van der Waals surface area contributed by atoms with Crippen LogP contribution in [0, 0.1) is 0 Å². The summed E-state index contributed by atoms with van der Waals surface area (Å²) in [5.41, 5.74) is 35.6. The van der Waals surface area contributed by atoms with Crippen molar-refractivity contribution in [2.24, 2.45) is 0 Å². The summed E-state index contributed by atoms with van der Waals surface area (Å²) in [6.07, 6.45) is 0. The largest absolute Gasteiger partial charge is 0.457 e.